The number of aromatic amines is 1. The molecular weight excluding hydrogens is 194 g/mol. The van der Waals surface area contributed by atoms with E-state index in [1.165, 1.54) is 25.2 Å². The molecular formula is C10H15N3O2. The van der Waals surface area contributed by atoms with Gasteiger partial charge >= 0.3 is 0 Å². The van der Waals surface area contributed by atoms with Crippen molar-refractivity contribution in [2.45, 2.75) is 18.9 Å². The van der Waals surface area contributed by atoms with Gasteiger partial charge in [0.1, 0.15) is 6.61 Å². The van der Waals surface area contributed by atoms with Gasteiger partial charge in [-0.15, -0.1) is 0 Å². The Kier molecular flexibility index (Phi) is 3.01. The van der Waals surface area contributed by atoms with Crippen LogP contribution in [0.1, 0.15) is 12.8 Å². The monoisotopic (exact) mass is 209 g/mol. The number of H-pyrrole nitrogens is 1. The summed E-state index contributed by atoms with van der Waals surface area (Å²) in [6.07, 6.45) is 3.93. The summed E-state index contributed by atoms with van der Waals surface area (Å²) in [6, 6.07) is 2.10. The van der Waals surface area contributed by atoms with Crippen molar-refractivity contribution >= 4 is 0 Å². The van der Waals surface area contributed by atoms with E-state index in [0.29, 0.717) is 12.5 Å². The lowest BCUT2D eigenvalue weighted by atomic mass is 10.5. The molecule has 0 radical (unpaired) electrons. The Balaban J connectivity index is 1.75. The van der Waals surface area contributed by atoms with Gasteiger partial charge in [0.2, 0.25) is 5.88 Å². The van der Waals surface area contributed by atoms with Crippen molar-refractivity contribution in [1.82, 2.24) is 14.9 Å². The average Bonchev–Trinajstić information content (AvgIpc) is 3.00. The van der Waals surface area contributed by atoms with Crippen LogP contribution >= 0.6 is 0 Å². The number of aromatic nitrogens is 2. The molecule has 1 aromatic rings. The predicted molar refractivity (Wildman–Crippen MR) is 56.0 cm³/mol. The first-order chi connectivity index (χ1) is 7.25. The lowest BCUT2D eigenvalue weighted by molar-refractivity contribution is 0.226. The zero-order chi connectivity index (χ0) is 10.7. The fourth-order valence-electron chi connectivity index (χ4n) is 1.42. The van der Waals surface area contributed by atoms with Crippen molar-refractivity contribution in [1.29, 1.82) is 0 Å². The highest BCUT2D eigenvalue weighted by atomic mass is 16.5. The maximum Gasteiger partial charge on any atom is 0.254 e. The summed E-state index contributed by atoms with van der Waals surface area (Å²) in [5.74, 6) is 0.392. The molecule has 0 bridgehead atoms. The lowest BCUT2D eigenvalue weighted by Crippen LogP contribution is -2.26. The molecule has 5 nitrogen and oxygen atoms in total. The van der Waals surface area contributed by atoms with Crippen molar-refractivity contribution in [3.8, 4) is 5.88 Å². The molecule has 1 saturated carbocycles. The SMILES string of the molecule is CN(CCOc1cc(=O)[nH]cn1)C1CC1. The van der Waals surface area contributed by atoms with E-state index in [1.807, 2.05) is 0 Å². The minimum Gasteiger partial charge on any atom is -0.476 e. The van der Waals surface area contributed by atoms with Crippen molar-refractivity contribution in [2.75, 3.05) is 20.2 Å². The van der Waals surface area contributed by atoms with Crippen LogP contribution < -0.4 is 10.3 Å². The van der Waals surface area contributed by atoms with Gasteiger partial charge in [-0.05, 0) is 19.9 Å². The molecule has 82 valence electrons. The van der Waals surface area contributed by atoms with Crippen LogP contribution in [0.4, 0.5) is 0 Å². The molecule has 0 unspecified atom stereocenters. The van der Waals surface area contributed by atoms with Crippen molar-refractivity contribution < 1.29 is 4.74 Å². The van der Waals surface area contributed by atoms with Crippen molar-refractivity contribution in [2.24, 2.45) is 0 Å². The molecule has 1 aliphatic rings. The van der Waals surface area contributed by atoms with Crippen LogP contribution in [-0.2, 0) is 0 Å². The molecule has 2 rings (SSSR count). The van der Waals surface area contributed by atoms with Gasteiger partial charge < -0.3 is 14.6 Å². The fraction of sp³-hybridized carbons (Fsp3) is 0.600. The number of ether oxygens (including phenoxy) is 1. The molecule has 0 aromatic carbocycles. The first-order valence-corrected chi connectivity index (χ1v) is 5.13. The number of nitrogens with one attached hydrogen (secondary N) is 1. The van der Waals surface area contributed by atoms with Crippen LogP contribution in [0.5, 0.6) is 5.88 Å². The molecule has 5 heteroatoms. The maximum atomic E-state index is 10.9. The molecule has 1 N–H and O–H groups in total. The summed E-state index contributed by atoms with van der Waals surface area (Å²) in [5.41, 5.74) is -0.185. The second-order valence-corrected chi connectivity index (χ2v) is 3.81. The summed E-state index contributed by atoms with van der Waals surface area (Å²) in [4.78, 5) is 19.5. The lowest BCUT2D eigenvalue weighted by Gasteiger charge is -2.15. The highest BCUT2D eigenvalue weighted by molar-refractivity contribution is 5.04. The van der Waals surface area contributed by atoms with Crippen LogP contribution in [0.3, 0.4) is 0 Å². The van der Waals surface area contributed by atoms with E-state index in [4.69, 9.17) is 4.74 Å². The molecule has 1 aromatic heterocycles. The predicted octanol–water partition coefficient (Wildman–Crippen LogP) is 0.243. The van der Waals surface area contributed by atoms with Crippen LogP contribution in [-0.4, -0.2) is 41.1 Å². The molecule has 1 heterocycles. The van der Waals surface area contributed by atoms with Crippen LogP contribution in [0, 0.1) is 0 Å². The largest absolute Gasteiger partial charge is 0.476 e. The van der Waals surface area contributed by atoms with Crippen LogP contribution in [0.2, 0.25) is 0 Å². The molecule has 0 saturated heterocycles. The fourth-order valence-corrected chi connectivity index (χ4v) is 1.42. The Morgan fingerprint density at radius 3 is 3.13 bits per heavy atom. The molecule has 0 spiro atoms. The normalized spacial score (nSPS) is 15.6. The van der Waals surface area contributed by atoms with E-state index in [1.54, 1.807) is 0 Å². The van der Waals surface area contributed by atoms with Gasteiger partial charge in [0, 0.05) is 12.6 Å². The standard InChI is InChI=1S/C10H15N3O2/c1-13(8-2-3-8)4-5-15-10-6-9(14)11-7-12-10/h6-8H,2-5H2,1H3,(H,11,12,14). The highest BCUT2D eigenvalue weighted by Gasteiger charge is 2.25. The molecule has 0 aliphatic heterocycles. The van der Waals surface area contributed by atoms with Crippen LogP contribution in [0.15, 0.2) is 17.2 Å². The van der Waals surface area contributed by atoms with Gasteiger partial charge in [-0.3, -0.25) is 4.79 Å². The summed E-state index contributed by atoms with van der Waals surface area (Å²) in [6.45, 7) is 1.45. The number of nitrogens with zero attached hydrogens (tertiary/aromatic N) is 2. The summed E-state index contributed by atoms with van der Waals surface area (Å²) in [5, 5.41) is 0. The Bertz CT molecular complexity index is 373. The quantitative estimate of drug-likeness (QED) is 0.755. The van der Waals surface area contributed by atoms with Crippen molar-refractivity contribution in [3.05, 3.63) is 22.7 Å². The number of rotatable bonds is 5. The average molecular weight is 209 g/mol. The molecule has 1 aliphatic carbocycles. The Labute approximate surface area is 88.1 Å². The first kappa shape index (κ1) is 10.2. The summed E-state index contributed by atoms with van der Waals surface area (Å²) >= 11 is 0. The second kappa shape index (κ2) is 4.44. The Hall–Kier alpha value is -1.36. The number of likely N-dealkylation sites (N-methyl/N-ethyl adjacent to an activating group) is 1. The zero-order valence-corrected chi connectivity index (χ0v) is 8.77. The summed E-state index contributed by atoms with van der Waals surface area (Å²) < 4.78 is 5.36. The summed E-state index contributed by atoms with van der Waals surface area (Å²) in [7, 11) is 2.09. The van der Waals surface area contributed by atoms with Gasteiger partial charge in [-0.1, -0.05) is 0 Å². The van der Waals surface area contributed by atoms with E-state index in [9.17, 15) is 4.79 Å². The van der Waals surface area contributed by atoms with Crippen LogP contribution in [0.25, 0.3) is 0 Å². The molecule has 15 heavy (non-hydrogen) atoms. The molecule has 0 atom stereocenters. The van der Waals surface area contributed by atoms with Gasteiger partial charge in [-0.2, -0.15) is 0 Å². The third kappa shape index (κ3) is 3.06. The number of hydrogen-bond acceptors (Lipinski definition) is 4. The van der Waals surface area contributed by atoms with Crippen molar-refractivity contribution in [3.63, 3.8) is 0 Å². The first-order valence-electron chi connectivity index (χ1n) is 5.13. The zero-order valence-electron chi connectivity index (χ0n) is 8.77. The van der Waals surface area contributed by atoms with E-state index in [2.05, 4.69) is 21.9 Å². The Morgan fingerprint density at radius 2 is 2.47 bits per heavy atom. The van der Waals surface area contributed by atoms with E-state index in [-0.39, 0.29) is 5.56 Å². The maximum absolute atomic E-state index is 10.9. The van der Waals surface area contributed by atoms with E-state index >= 15 is 0 Å². The number of hydrogen-bond donors (Lipinski definition) is 1. The topological polar surface area (TPSA) is 58.2 Å². The van der Waals surface area contributed by atoms with Gasteiger partial charge in [0.15, 0.2) is 0 Å². The Morgan fingerprint density at radius 1 is 1.67 bits per heavy atom. The third-order valence-electron chi connectivity index (χ3n) is 2.52. The smallest absolute Gasteiger partial charge is 0.254 e. The van der Waals surface area contributed by atoms with Gasteiger partial charge in [0.25, 0.3) is 5.56 Å². The van der Waals surface area contributed by atoms with Gasteiger partial charge in [-0.25, -0.2) is 4.98 Å². The van der Waals surface area contributed by atoms with Gasteiger partial charge in [0.05, 0.1) is 12.4 Å². The van der Waals surface area contributed by atoms with E-state index < -0.39 is 0 Å². The molecule has 0 amide bonds. The third-order valence-corrected chi connectivity index (χ3v) is 2.52. The van der Waals surface area contributed by atoms with E-state index in [0.717, 1.165) is 12.6 Å². The molecule has 1 fully saturated rings. The minimum absolute atomic E-state index is 0.185. The highest BCUT2D eigenvalue weighted by Crippen LogP contribution is 2.24. The second-order valence-electron chi connectivity index (χ2n) is 3.81. The minimum atomic E-state index is -0.185.